The Hall–Kier alpha value is -4.47. The first kappa shape index (κ1) is 35.0. The number of carbonyl (C=O) groups is 3. The molecule has 17 heteroatoms. The van der Waals surface area contributed by atoms with Gasteiger partial charge >= 0.3 is 12.4 Å². The van der Waals surface area contributed by atoms with Gasteiger partial charge in [-0.05, 0) is 61.9 Å². The molecular formula is C28H23ClF8N4O4. The quantitative estimate of drug-likeness (QED) is 0.200. The Bertz CT molecular complexity index is 1580. The van der Waals surface area contributed by atoms with E-state index < -0.39 is 71.2 Å². The first-order valence-corrected chi connectivity index (χ1v) is 13.0. The third-order valence-corrected chi connectivity index (χ3v) is 6.51. The maximum absolute atomic E-state index is 13.1. The molecule has 0 saturated heterocycles. The van der Waals surface area contributed by atoms with Gasteiger partial charge in [0.05, 0.1) is 21.7 Å². The molecule has 1 aromatic heterocycles. The first-order valence-electron chi connectivity index (χ1n) is 12.6. The summed E-state index contributed by atoms with van der Waals surface area (Å²) in [4.78, 5) is 41.8. The highest BCUT2D eigenvalue weighted by Gasteiger charge is 2.52. The highest BCUT2D eigenvalue weighted by molar-refractivity contribution is 6.34. The fourth-order valence-corrected chi connectivity index (χ4v) is 3.71. The van der Waals surface area contributed by atoms with Crippen molar-refractivity contribution in [3.63, 3.8) is 0 Å². The van der Waals surface area contributed by atoms with Crippen molar-refractivity contribution in [3.05, 3.63) is 82.0 Å². The van der Waals surface area contributed by atoms with E-state index in [2.05, 4.69) is 20.9 Å². The zero-order chi connectivity index (χ0) is 33.7. The van der Waals surface area contributed by atoms with Gasteiger partial charge in [-0.1, -0.05) is 17.7 Å². The summed E-state index contributed by atoms with van der Waals surface area (Å²) in [5, 5.41) is 6.57. The van der Waals surface area contributed by atoms with E-state index in [1.165, 1.54) is 24.3 Å². The number of aromatic nitrogens is 1. The molecule has 0 aliphatic rings. The predicted octanol–water partition coefficient (Wildman–Crippen LogP) is 7.11. The summed E-state index contributed by atoms with van der Waals surface area (Å²) in [6.07, 6.45) is -11.7. The van der Waals surface area contributed by atoms with Crippen LogP contribution < -0.4 is 20.7 Å². The zero-order valence-corrected chi connectivity index (χ0v) is 23.9. The van der Waals surface area contributed by atoms with Gasteiger partial charge in [0.15, 0.2) is 0 Å². The smallest absolute Gasteiger partial charge is 0.416 e. The lowest BCUT2D eigenvalue weighted by atomic mass is 9.91. The molecule has 0 unspecified atom stereocenters. The average molecular weight is 667 g/mol. The van der Waals surface area contributed by atoms with Crippen LogP contribution >= 0.6 is 11.6 Å². The van der Waals surface area contributed by atoms with Crippen LogP contribution in [0.1, 0.15) is 45.7 Å². The summed E-state index contributed by atoms with van der Waals surface area (Å²) in [6, 6.07) is 8.27. The molecule has 0 saturated carbocycles. The normalized spacial score (nSPS) is 12.1. The van der Waals surface area contributed by atoms with Gasteiger partial charge in [0.2, 0.25) is 5.91 Å². The van der Waals surface area contributed by atoms with Gasteiger partial charge in [-0.2, -0.15) is 26.3 Å². The molecule has 0 aliphatic heterocycles. The maximum atomic E-state index is 13.1. The number of halogens is 9. The topological polar surface area (TPSA) is 109 Å². The lowest BCUT2D eigenvalue weighted by Crippen LogP contribution is -2.46. The summed E-state index contributed by atoms with van der Waals surface area (Å²) >= 11 is 6.13. The fourth-order valence-electron chi connectivity index (χ4n) is 3.51. The number of hydrogen-bond donors (Lipinski definition) is 3. The van der Waals surface area contributed by atoms with Gasteiger partial charge in [0.25, 0.3) is 18.2 Å². The van der Waals surface area contributed by atoms with Crippen molar-refractivity contribution < 1.29 is 54.2 Å². The number of pyridine rings is 1. The van der Waals surface area contributed by atoms with Gasteiger partial charge in [0.1, 0.15) is 23.6 Å². The molecule has 3 N–H and O–H groups in total. The second kappa shape index (κ2) is 13.7. The molecule has 0 atom stereocenters. The van der Waals surface area contributed by atoms with Crippen LogP contribution in [0.4, 0.5) is 46.6 Å². The minimum Gasteiger partial charge on any atom is -0.487 e. The van der Waals surface area contributed by atoms with Crippen LogP contribution in [0.5, 0.6) is 5.75 Å². The highest BCUT2D eigenvalue weighted by Crippen LogP contribution is 2.37. The van der Waals surface area contributed by atoms with Crippen molar-refractivity contribution in [2.24, 2.45) is 5.41 Å². The second-order valence-electron chi connectivity index (χ2n) is 9.87. The van der Waals surface area contributed by atoms with Gasteiger partial charge in [-0.15, -0.1) is 0 Å². The minimum atomic E-state index is -4.82. The van der Waals surface area contributed by atoms with E-state index in [9.17, 15) is 49.5 Å². The number of amides is 3. The van der Waals surface area contributed by atoms with Crippen molar-refractivity contribution in [2.45, 2.75) is 39.2 Å². The Morgan fingerprint density at radius 2 is 1.56 bits per heavy atom. The molecule has 8 nitrogen and oxygen atoms in total. The van der Waals surface area contributed by atoms with Gasteiger partial charge in [-0.3, -0.25) is 14.4 Å². The molecule has 3 aromatic rings. The van der Waals surface area contributed by atoms with Crippen LogP contribution in [0.2, 0.25) is 5.02 Å². The summed E-state index contributed by atoms with van der Waals surface area (Å²) in [5.41, 5.74) is -4.34. The lowest BCUT2D eigenvalue weighted by molar-refractivity contribution is -0.211. The molecular weight excluding hydrogens is 644 g/mol. The molecule has 3 amide bonds. The van der Waals surface area contributed by atoms with E-state index in [1.807, 2.05) is 0 Å². The van der Waals surface area contributed by atoms with E-state index >= 15 is 0 Å². The third-order valence-electron chi connectivity index (χ3n) is 6.18. The molecule has 0 radical (unpaired) electrons. The predicted molar refractivity (Wildman–Crippen MR) is 146 cm³/mol. The number of ether oxygens (including phenoxy) is 1. The van der Waals surface area contributed by atoms with Gasteiger partial charge in [0, 0.05) is 18.4 Å². The Kier molecular flexibility index (Phi) is 10.6. The number of benzene rings is 2. The maximum Gasteiger partial charge on any atom is 0.416 e. The first-order chi connectivity index (χ1) is 20.8. The monoisotopic (exact) mass is 666 g/mol. The minimum absolute atomic E-state index is 0.0938. The van der Waals surface area contributed by atoms with Crippen LogP contribution in [-0.4, -0.2) is 41.9 Å². The molecule has 0 spiro atoms. The molecule has 1 heterocycles. The Labute approximate surface area is 255 Å². The number of anilines is 2. The third kappa shape index (κ3) is 9.03. The van der Waals surface area contributed by atoms with Crippen LogP contribution in [-0.2, 0) is 17.5 Å². The number of carbonyl (C=O) groups excluding carboxylic acids is 3. The van der Waals surface area contributed by atoms with Crippen LogP contribution in [0, 0.1) is 5.41 Å². The largest absolute Gasteiger partial charge is 0.487 e. The van der Waals surface area contributed by atoms with Crippen molar-refractivity contribution in [3.8, 4) is 5.75 Å². The summed E-state index contributed by atoms with van der Waals surface area (Å²) < 4.78 is 109. The highest BCUT2D eigenvalue weighted by atomic mass is 35.5. The SMILES string of the molecule is CC(C)(C(=O)NCc1ccc(Cl)c(C(=O)Nc2ccc(OCC(F)F)c(C(=O)Nc3cc(C(F)(F)F)ccn3)c2)c1)C(F)(F)F. The molecule has 0 bridgehead atoms. The van der Waals surface area contributed by atoms with E-state index in [4.69, 9.17) is 16.3 Å². The standard InChI is InChI=1S/C28H23ClF8N4O4/c1-26(2,28(35,36)37)25(44)39-12-14-3-5-19(29)17(9-14)23(42)40-16-4-6-20(45-13-21(30)31)18(11-16)24(43)41-22-10-15(7-8-38-22)27(32,33)34/h3-11,21H,12-13H2,1-2H3,(H,39,44)(H,40,42)(H,38,41,43). The Balaban J connectivity index is 1.84. The zero-order valence-electron chi connectivity index (χ0n) is 23.2. The Morgan fingerprint density at radius 3 is 2.18 bits per heavy atom. The number of rotatable bonds is 10. The van der Waals surface area contributed by atoms with Gasteiger partial charge < -0.3 is 20.7 Å². The average Bonchev–Trinajstić information content (AvgIpc) is 2.94. The molecule has 0 fully saturated rings. The van der Waals surface area contributed by atoms with Crippen LogP contribution in [0.15, 0.2) is 54.7 Å². The number of nitrogens with zero attached hydrogens (tertiary/aromatic N) is 1. The fraction of sp³-hybridized carbons (Fsp3) is 0.286. The molecule has 2 aromatic carbocycles. The van der Waals surface area contributed by atoms with Crippen LogP contribution in [0.25, 0.3) is 0 Å². The molecule has 3 rings (SSSR count). The summed E-state index contributed by atoms with van der Waals surface area (Å²) in [7, 11) is 0. The summed E-state index contributed by atoms with van der Waals surface area (Å²) in [6.45, 7) is -0.109. The van der Waals surface area contributed by atoms with Crippen molar-refractivity contribution in [2.75, 3.05) is 17.2 Å². The summed E-state index contributed by atoms with van der Waals surface area (Å²) in [5.74, 6) is -4.21. The van der Waals surface area contributed by atoms with E-state index in [1.54, 1.807) is 0 Å². The molecule has 0 aliphatic carbocycles. The second-order valence-corrected chi connectivity index (χ2v) is 10.3. The van der Waals surface area contributed by atoms with Gasteiger partial charge in [-0.25, -0.2) is 13.8 Å². The van der Waals surface area contributed by atoms with E-state index in [0.717, 1.165) is 18.3 Å². The van der Waals surface area contributed by atoms with Crippen molar-refractivity contribution >= 4 is 40.8 Å². The Morgan fingerprint density at radius 1 is 0.889 bits per heavy atom. The van der Waals surface area contributed by atoms with E-state index in [-0.39, 0.29) is 28.4 Å². The van der Waals surface area contributed by atoms with Crippen LogP contribution in [0.3, 0.4) is 0 Å². The number of hydrogen-bond acceptors (Lipinski definition) is 5. The molecule has 45 heavy (non-hydrogen) atoms. The van der Waals surface area contributed by atoms with Crippen molar-refractivity contribution in [1.29, 1.82) is 0 Å². The van der Waals surface area contributed by atoms with Crippen molar-refractivity contribution in [1.82, 2.24) is 10.3 Å². The van der Waals surface area contributed by atoms with E-state index in [0.29, 0.717) is 26.0 Å². The number of alkyl halides is 8. The number of nitrogens with one attached hydrogen (secondary N) is 3. The molecule has 242 valence electrons. The lowest BCUT2D eigenvalue weighted by Gasteiger charge is -2.26.